The maximum absolute atomic E-state index is 12.8. The Labute approximate surface area is 161 Å². The third kappa shape index (κ3) is 4.51. The molecule has 2 unspecified atom stereocenters. The third-order valence-corrected chi connectivity index (χ3v) is 5.79. The van der Waals surface area contributed by atoms with Gasteiger partial charge < -0.3 is 15.0 Å². The molecule has 27 heavy (non-hydrogen) atoms. The van der Waals surface area contributed by atoms with Gasteiger partial charge in [0.2, 0.25) is 5.91 Å². The van der Waals surface area contributed by atoms with Gasteiger partial charge in [-0.15, -0.1) is 0 Å². The highest BCUT2D eigenvalue weighted by Crippen LogP contribution is 2.22. The second kappa shape index (κ2) is 8.13. The quantitative estimate of drug-likeness (QED) is 0.883. The zero-order valence-electron chi connectivity index (χ0n) is 16.0. The van der Waals surface area contributed by atoms with Crippen LogP contribution in [-0.4, -0.2) is 36.0 Å². The van der Waals surface area contributed by atoms with Crippen LogP contribution in [0, 0.1) is 6.92 Å². The molecule has 2 heterocycles. The number of likely N-dealkylation sites (tertiary alicyclic amines) is 1. The highest BCUT2D eigenvalue weighted by atomic mass is 16.5. The van der Waals surface area contributed by atoms with E-state index in [4.69, 9.17) is 4.74 Å². The lowest BCUT2D eigenvalue weighted by atomic mass is 10.1. The fraction of sp³-hybridized carbons (Fsp3) is 0.435. The Balaban J connectivity index is 1.36. The number of amides is 1. The van der Waals surface area contributed by atoms with Crippen molar-refractivity contribution >= 4 is 5.91 Å². The van der Waals surface area contributed by atoms with Crippen LogP contribution in [0.2, 0.25) is 0 Å². The Kier molecular flexibility index (Phi) is 5.44. The number of fused-ring (bicyclic) bond motifs is 2. The predicted octanol–water partition coefficient (Wildman–Crippen LogP) is 3.47. The largest absolute Gasteiger partial charge is 0.489 e. The number of carbonyl (C=O) groups excluding carboxylic acids is 1. The first-order chi connectivity index (χ1) is 13.2. The van der Waals surface area contributed by atoms with Crippen molar-refractivity contribution in [2.45, 2.75) is 51.3 Å². The summed E-state index contributed by atoms with van der Waals surface area (Å²) in [6.07, 6.45) is 3.96. The van der Waals surface area contributed by atoms with Crippen molar-refractivity contribution in [2.24, 2.45) is 0 Å². The van der Waals surface area contributed by atoms with Crippen LogP contribution in [0.1, 0.15) is 36.0 Å². The minimum Gasteiger partial charge on any atom is -0.489 e. The van der Waals surface area contributed by atoms with Gasteiger partial charge in [-0.05, 0) is 55.0 Å². The molecule has 0 aliphatic carbocycles. The summed E-state index contributed by atoms with van der Waals surface area (Å²) >= 11 is 0. The summed E-state index contributed by atoms with van der Waals surface area (Å²) in [6, 6.07) is 17.3. The number of hydrogen-bond acceptors (Lipinski definition) is 3. The summed E-state index contributed by atoms with van der Waals surface area (Å²) in [5, 5.41) is 3.63. The number of ether oxygens (including phenoxy) is 1. The Morgan fingerprint density at radius 3 is 2.85 bits per heavy atom. The van der Waals surface area contributed by atoms with E-state index in [9.17, 15) is 4.79 Å². The van der Waals surface area contributed by atoms with Crippen molar-refractivity contribution in [2.75, 3.05) is 13.1 Å². The summed E-state index contributed by atoms with van der Waals surface area (Å²) in [5.74, 6) is 1.04. The van der Waals surface area contributed by atoms with Crippen molar-refractivity contribution in [1.29, 1.82) is 0 Å². The number of nitrogens with zero attached hydrogens (tertiary/aromatic N) is 1. The minimum absolute atomic E-state index is 0.223. The van der Waals surface area contributed by atoms with Crippen LogP contribution in [0.3, 0.4) is 0 Å². The molecule has 1 amide bonds. The van der Waals surface area contributed by atoms with Gasteiger partial charge in [-0.3, -0.25) is 4.79 Å². The van der Waals surface area contributed by atoms with Gasteiger partial charge in [0.1, 0.15) is 12.4 Å². The maximum Gasteiger partial charge on any atom is 0.227 e. The number of hydrogen-bond donors (Lipinski definition) is 1. The fourth-order valence-electron chi connectivity index (χ4n) is 4.13. The lowest BCUT2D eigenvalue weighted by Crippen LogP contribution is -2.39. The molecule has 4 nitrogen and oxygen atoms in total. The highest BCUT2D eigenvalue weighted by molar-refractivity contribution is 5.79. The zero-order valence-corrected chi connectivity index (χ0v) is 16.0. The number of aryl methyl sites for hydroxylation is 1. The second-order valence-corrected chi connectivity index (χ2v) is 7.81. The lowest BCUT2D eigenvalue weighted by Gasteiger charge is -2.24. The SMILES string of the molecule is Cc1ccccc1COc1cccc(CC(=O)N2CCC3CCC(C2)N3)c1. The molecule has 0 spiro atoms. The van der Waals surface area contributed by atoms with E-state index >= 15 is 0 Å². The second-order valence-electron chi connectivity index (χ2n) is 7.81. The van der Waals surface area contributed by atoms with Crippen molar-refractivity contribution in [3.63, 3.8) is 0 Å². The molecule has 0 saturated carbocycles. The van der Waals surface area contributed by atoms with Crippen LogP contribution in [0.15, 0.2) is 48.5 Å². The molecule has 4 heteroatoms. The zero-order chi connectivity index (χ0) is 18.6. The summed E-state index contributed by atoms with van der Waals surface area (Å²) in [4.78, 5) is 14.8. The molecule has 2 aliphatic heterocycles. The van der Waals surface area contributed by atoms with Crippen LogP contribution >= 0.6 is 0 Å². The molecule has 0 radical (unpaired) electrons. The normalized spacial score (nSPS) is 21.7. The van der Waals surface area contributed by atoms with Crippen molar-refractivity contribution in [1.82, 2.24) is 10.2 Å². The molecule has 2 saturated heterocycles. The molecule has 0 aromatic heterocycles. The number of nitrogens with one attached hydrogen (secondary N) is 1. The average Bonchev–Trinajstić information content (AvgIpc) is 3.00. The van der Waals surface area contributed by atoms with Crippen LogP contribution in [-0.2, 0) is 17.8 Å². The smallest absolute Gasteiger partial charge is 0.227 e. The molecular weight excluding hydrogens is 336 g/mol. The Morgan fingerprint density at radius 1 is 1.11 bits per heavy atom. The van der Waals surface area contributed by atoms with Gasteiger partial charge in [-0.25, -0.2) is 0 Å². The van der Waals surface area contributed by atoms with E-state index in [1.807, 2.05) is 41.3 Å². The van der Waals surface area contributed by atoms with Crippen molar-refractivity contribution < 1.29 is 9.53 Å². The van der Waals surface area contributed by atoms with Gasteiger partial charge in [0, 0.05) is 25.2 Å². The van der Waals surface area contributed by atoms with E-state index in [1.165, 1.54) is 24.0 Å². The maximum atomic E-state index is 12.8. The average molecular weight is 364 g/mol. The van der Waals surface area contributed by atoms with Gasteiger partial charge in [0.15, 0.2) is 0 Å². The molecule has 1 N–H and O–H groups in total. The molecule has 2 atom stereocenters. The first-order valence-electron chi connectivity index (χ1n) is 9.97. The monoisotopic (exact) mass is 364 g/mol. The van der Waals surface area contributed by atoms with E-state index in [1.54, 1.807) is 0 Å². The molecule has 2 aromatic carbocycles. The summed E-state index contributed by atoms with van der Waals surface area (Å²) in [5.41, 5.74) is 3.43. The standard InChI is InChI=1S/C23H28N2O2/c1-17-5-2-3-7-19(17)16-27-22-8-4-6-18(13-22)14-23(26)25-12-11-20-9-10-21(15-25)24-20/h2-8,13,20-21,24H,9-12,14-16H2,1H3. The first-order valence-corrected chi connectivity index (χ1v) is 9.97. The topological polar surface area (TPSA) is 41.6 Å². The Bertz CT molecular complexity index is 804. The number of benzene rings is 2. The Morgan fingerprint density at radius 2 is 1.96 bits per heavy atom. The summed E-state index contributed by atoms with van der Waals surface area (Å²) < 4.78 is 5.97. The summed E-state index contributed by atoms with van der Waals surface area (Å²) in [6.45, 7) is 4.36. The van der Waals surface area contributed by atoms with Crippen LogP contribution < -0.4 is 10.1 Å². The Hall–Kier alpha value is -2.33. The molecular formula is C23H28N2O2. The number of carbonyl (C=O) groups is 1. The molecule has 2 aliphatic rings. The molecule has 2 aromatic rings. The molecule has 4 rings (SSSR count). The van der Waals surface area contributed by atoms with Gasteiger partial charge >= 0.3 is 0 Å². The molecule has 142 valence electrons. The van der Waals surface area contributed by atoms with Gasteiger partial charge in [-0.2, -0.15) is 0 Å². The van der Waals surface area contributed by atoms with Crippen molar-refractivity contribution in [3.8, 4) is 5.75 Å². The lowest BCUT2D eigenvalue weighted by molar-refractivity contribution is -0.130. The number of rotatable bonds is 5. The van der Waals surface area contributed by atoms with E-state index in [0.717, 1.165) is 30.8 Å². The van der Waals surface area contributed by atoms with Gasteiger partial charge in [0.25, 0.3) is 0 Å². The predicted molar refractivity (Wildman–Crippen MR) is 107 cm³/mol. The van der Waals surface area contributed by atoms with E-state index in [-0.39, 0.29) is 5.91 Å². The minimum atomic E-state index is 0.223. The van der Waals surface area contributed by atoms with Gasteiger partial charge in [0.05, 0.1) is 6.42 Å². The van der Waals surface area contributed by atoms with Crippen LogP contribution in [0.25, 0.3) is 0 Å². The first kappa shape index (κ1) is 18.1. The highest BCUT2D eigenvalue weighted by Gasteiger charge is 2.30. The fourth-order valence-corrected chi connectivity index (χ4v) is 4.13. The van der Waals surface area contributed by atoms with Crippen LogP contribution in [0.4, 0.5) is 0 Å². The summed E-state index contributed by atoms with van der Waals surface area (Å²) in [7, 11) is 0. The third-order valence-electron chi connectivity index (χ3n) is 5.79. The van der Waals surface area contributed by atoms with E-state index in [2.05, 4.69) is 24.4 Å². The van der Waals surface area contributed by atoms with E-state index in [0.29, 0.717) is 25.1 Å². The van der Waals surface area contributed by atoms with Crippen LogP contribution in [0.5, 0.6) is 5.75 Å². The molecule has 2 fully saturated rings. The van der Waals surface area contributed by atoms with E-state index < -0.39 is 0 Å². The molecule has 2 bridgehead atoms. The van der Waals surface area contributed by atoms with Gasteiger partial charge in [-0.1, -0.05) is 36.4 Å². The van der Waals surface area contributed by atoms with Crippen molar-refractivity contribution in [3.05, 3.63) is 65.2 Å².